The zero-order valence-electron chi connectivity index (χ0n) is 67.9. The van der Waals surface area contributed by atoms with Gasteiger partial charge < -0.3 is 198 Å². The van der Waals surface area contributed by atoms with Gasteiger partial charge in [-0.3, -0.25) is 38.4 Å². The van der Waals surface area contributed by atoms with Crippen LogP contribution in [0.15, 0.2) is 0 Å². The van der Waals surface area contributed by atoms with E-state index in [9.17, 15) is 161 Å². The third-order valence-corrected chi connectivity index (χ3v) is 29.9. The molecule has 16 bridgehead atoms. The van der Waals surface area contributed by atoms with Crippen LogP contribution in [0.25, 0.3) is 0 Å². The Labute approximate surface area is 763 Å². The van der Waals surface area contributed by atoms with Gasteiger partial charge in [-0.1, -0.05) is 0 Å². The minimum absolute atomic E-state index is 0.159. The zero-order chi connectivity index (χ0) is 93.7. The Balaban J connectivity index is 1.12. The molecular weight excluding hydrogens is 1890 g/mol. The summed E-state index contributed by atoms with van der Waals surface area (Å²) in [5.74, 6) is -14.4. The summed E-state index contributed by atoms with van der Waals surface area (Å²) in [6, 6.07) is 0. The van der Waals surface area contributed by atoms with E-state index in [2.05, 4.69) is 0 Å². The fourth-order valence-corrected chi connectivity index (χ4v) is 22.6. The van der Waals surface area contributed by atoms with E-state index in [0.29, 0.717) is 0 Å². The van der Waals surface area contributed by atoms with Gasteiger partial charge in [0.25, 0.3) is 0 Å². The number of rotatable bonds is 40. The maximum atomic E-state index is 12.3. The molecule has 40 atom stereocenters. The Kier molecular flexibility index (Phi) is 44.9. The number of carbonyl (C=O) groups is 8. The first-order chi connectivity index (χ1) is 60.7. The highest BCUT2D eigenvalue weighted by Gasteiger charge is 2.61. The third-order valence-electron chi connectivity index (χ3n) is 21.4. The van der Waals surface area contributed by atoms with E-state index in [4.69, 9.17) is 75.8 Å². The highest BCUT2D eigenvalue weighted by Crippen LogP contribution is 2.43. The fourth-order valence-electron chi connectivity index (χ4n) is 14.7. The summed E-state index contributed by atoms with van der Waals surface area (Å²) >= 11 is 7.04. The highest BCUT2D eigenvalue weighted by molar-refractivity contribution is 8.00. The van der Waals surface area contributed by atoms with Crippen LogP contribution in [0.3, 0.4) is 0 Å². The van der Waals surface area contributed by atoms with Gasteiger partial charge in [-0.25, -0.2) is 0 Å². The summed E-state index contributed by atoms with van der Waals surface area (Å²) in [6.07, 6.45) is -85.9. The lowest BCUT2D eigenvalue weighted by atomic mass is 9.95. The van der Waals surface area contributed by atoms with Crippen LogP contribution in [0.4, 0.5) is 0 Å². The van der Waals surface area contributed by atoms with Gasteiger partial charge in [0.15, 0.2) is 50.3 Å². The SMILES string of the molecule is O=C(O)CCSC[C@@H]1O[C@H]2O[C@@H]3[C@@H](O)[C@H](O)[C@@H](O[C@@H]4[C@@H](O)[C@H](O)[C@@H](O[C@@H]5[C@@H](O)[C@H](O)[C@@H](O[C@@H]6[C@@H](O)[C@H](O)[C@@H](O[C@@H]7[C@@H](O)[C@H](O)[C@H](O[C@@H]8[C@@H](O)[C@H](O)[C@H](O[C@@H]9[C@@H](O)[C@H](O)[C@H](O[C@@H]1[C@@H](O)[C@@H]2O)O[C@H]9CSCCC(=O)O)O[C@H]8CSCCC(=O)O)O[C@@H]7CSCCC(=O)O)O[C@H]6CSCCC(=O)O)O[C@H]5CSCCC(=O)O)O[C@H]4CSCCC(=O)O)O[C@H]3CSCCC(=O)O. The number of hydrogen-bond donors (Lipinski definition) is 24. The van der Waals surface area contributed by atoms with Crippen molar-refractivity contribution in [3.8, 4) is 0 Å². The van der Waals surface area contributed by atoms with Gasteiger partial charge in [0.05, 0.1) is 100 Å². The molecule has 0 saturated carbocycles. The molecule has 30 aliphatic heterocycles. The van der Waals surface area contributed by atoms with Crippen molar-refractivity contribution in [3.63, 3.8) is 0 Å². The lowest BCUT2D eigenvalue weighted by Gasteiger charge is -2.51. The summed E-state index contributed by atoms with van der Waals surface area (Å²) in [6.45, 7) is 0. The van der Waals surface area contributed by atoms with Crippen LogP contribution >= 0.6 is 94.1 Å². The van der Waals surface area contributed by atoms with Crippen molar-refractivity contribution in [2.24, 2.45) is 0 Å². The van der Waals surface area contributed by atoms with Gasteiger partial charge in [0.2, 0.25) is 0 Å². The van der Waals surface area contributed by atoms with E-state index in [1.54, 1.807) is 0 Å². The number of thioether (sulfide) groups is 8. The lowest BCUT2D eigenvalue weighted by Crippen LogP contribution is -2.69. The molecule has 24 N–H and O–H groups in total. The molecule has 30 rings (SSSR count). The quantitative estimate of drug-likeness (QED) is 0.0253. The predicted molar refractivity (Wildman–Crippen MR) is 441 cm³/mol. The fraction of sp³-hybridized carbons (Fsp3) is 0.889. The minimum atomic E-state index is -2.33. The average Bonchev–Trinajstić information content (AvgIpc) is 0.766. The standard InChI is InChI=1S/C72H112O48S8/c73-33(74)1-9-121-17-25-57-41(89)49(97)65(105-25)114-58-26(18-122-10-2-34(75)76)107-67(51(99)43(58)91)116-60-28(20-124-12-4-36(79)80)109-69(53(101)45(60)93)118-62-30(22-126-14-6-38(83)84)111-71(55(103)47(62)95)120-64-32(24-128-16-8-40(87)88)112-72(56(104)48(64)96)119-63-31(23-127-15-7-39(85)86)110-70(54(102)46(63)94)117-61-29(21-125-13-5-37(81)82)108-68(52(100)44(61)92)115-59-27(19-123-11-3-35(77)78)106-66(113-57)50(98)42(59)90/h25-32,41-72,89-104H,1-24H2,(H,73,74)(H,75,76)(H,77,78)(H,79,80)(H,81,82)(H,83,84)(H,85,86)(H,87,88)/t25-,26-,27-,28-,29-,30-,31-,32+,41-,42-,43-,44-,45-,46-,47-,48-,49-,50-,51-,52-,53-,54-,55-,56-,57-,58-,59-,60-,61-,62-,63-,64-,65+,66-,67+,68-,69+,70-,71+,72-/m0/s1. The maximum Gasteiger partial charge on any atom is 0.304 e. The monoisotopic (exact) mass is 2000 g/mol. The molecule has 56 heteroatoms. The molecule has 30 saturated heterocycles. The Morgan fingerprint density at radius 2 is 0.250 bits per heavy atom. The molecule has 0 spiro atoms. The van der Waals surface area contributed by atoms with E-state index in [1.165, 1.54) is 0 Å². The van der Waals surface area contributed by atoms with Crippen molar-refractivity contribution in [1.82, 2.24) is 0 Å². The number of ether oxygens (including phenoxy) is 16. The molecule has 30 aliphatic rings. The van der Waals surface area contributed by atoms with Gasteiger partial charge in [-0.15, -0.1) is 0 Å². The van der Waals surface area contributed by atoms with Crippen molar-refractivity contribution >= 4 is 142 Å². The number of aliphatic carboxylic acids is 8. The van der Waals surface area contributed by atoms with Crippen molar-refractivity contribution in [2.75, 3.05) is 92.0 Å². The summed E-state index contributed by atoms with van der Waals surface area (Å²) in [7, 11) is 0. The van der Waals surface area contributed by atoms with Gasteiger partial charge >= 0.3 is 47.8 Å². The van der Waals surface area contributed by atoms with Gasteiger partial charge in [0.1, 0.15) is 146 Å². The van der Waals surface area contributed by atoms with E-state index >= 15 is 0 Å². The molecule has 48 nitrogen and oxygen atoms in total. The summed E-state index contributed by atoms with van der Waals surface area (Å²) < 4.78 is 100. The van der Waals surface area contributed by atoms with Crippen molar-refractivity contribution in [2.45, 2.75) is 297 Å². The average molecular weight is 2000 g/mol. The normalized spacial score (nSPS) is 41.5. The molecule has 30 heterocycles. The molecule has 0 aromatic rings. The molecule has 0 aromatic carbocycles. The molecular formula is C72H112O48S8. The third kappa shape index (κ3) is 30.6. The second-order valence-electron chi connectivity index (χ2n) is 30.7. The Morgan fingerprint density at radius 1 is 0.156 bits per heavy atom. The van der Waals surface area contributed by atoms with Crippen LogP contribution in [0.1, 0.15) is 51.4 Å². The first-order valence-electron chi connectivity index (χ1n) is 40.5. The maximum absolute atomic E-state index is 12.3. The number of aliphatic hydroxyl groups is 16. The largest absolute Gasteiger partial charge is 0.481 e. The number of hydrogen-bond acceptors (Lipinski definition) is 48. The number of aliphatic hydroxyl groups excluding tert-OH is 16. The first kappa shape index (κ1) is 109. The zero-order valence-corrected chi connectivity index (χ0v) is 74.4. The Morgan fingerprint density at radius 3 is 0.336 bits per heavy atom. The van der Waals surface area contributed by atoms with Crippen LogP contribution in [-0.4, -0.2) is 508 Å². The Bertz CT molecular complexity index is 2830. The van der Waals surface area contributed by atoms with Crippen LogP contribution in [-0.2, 0) is 114 Å². The molecule has 0 aliphatic carbocycles. The Hall–Kier alpha value is -2.72. The van der Waals surface area contributed by atoms with Gasteiger partial charge in [-0.05, 0) is 0 Å². The van der Waals surface area contributed by atoms with E-state index in [1.807, 2.05) is 0 Å². The molecule has 0 amide bonds. The molecule has 128 heavy (non-hydrogen) atoms. The molecule has 30 fully saturated rings. The van der Waals surface area contributed by atoms with E-state index < -0.39 is 345 Å². The van der Waals surface area contributed by atoms with Crippen LogP contribution in [0.2, 0.25) is 0 Å². The summed E-state index contributed by atoms with van der Waals surface area (Å²) in [5.41, 5.74) is 0. The van der Waals surface area contributed by atoms with E-state index in [0.717, 1.165) is 94.1 Å². The van der Waals surface area contributed by atoms with Crippen molar-refractivity contribution in [1.29, 1.82) is 0 Å². The second kappa shape index (κ2) is 52.7. The first-order valence-corrected chi connectivity index (χ1v) is 49.7. The van der Waals surface area contributed by atoms with Crippen LogP contribution < -0.4 is 0 Å². The van der Waals surface area contributed by atoms with Crippen LogP contribution in [0, 0.1) is 0 Å². The predicted octanol–water partition coefficient (Wildman–Crippen LogP) is -7.68. The molecule has 0 aromatic heterocycles. The van der Waals surface area contributed by atoms with Gasteiger partial charge in [-0.2, -0.15) is 94.1 Å². The minimum Gasteiger partial charge on any atom is -0.481 e. The summed E-state index contributed by atoms with van der Waals surface area (Å²) in [5, 5.41) is 272. The molecule has 736 valence electrons. The van der Waals surface area contributed by atoms with Crippen molar-refractivity contribution < 1.29 is 237 Å². The highest BCUT2D eigenvalue weighted by atomic mass is 32.2. The lowest BCUT2D eigenvalue weighted by molar-refractivity contribution is -0.396. The number of carboxylic acid groups (broad SMARTS) is 8. The smallest absolute Gasteiger partial charge is 0.304 e. The van der Waals surface area contributed by atoms with Crippen molar-refractivity contribution in [3.05, 3.63) is 0 Å². The van der Waals surface area contributed by atoms with Crippen LogP contribution in [0.5, 0.6) is 0 Å². The topological polar surface area (TPSA) is 770 Å². The van der Waals surface area contributed by atoms with Gasteiger partial charge in [0, 0.05) is 92.0 Å². The van der Waals surface area contributed by atoms with E-state index in [-0.39, 0.29) is 92.0 Å². The summed E-state index contributed by atoms with van der Waals surface area (Å²) in [4.78, 5) is 94.3. The number of carboxylic acids is 8. The molecule has 0 unspecified atom stereocenters. The molecule has 0 radical (unpaired) electrons. The second-order valence-corrected chi connectivity index (χ2v) is 39.9.